The molecule has 2 amide bonds. The van der Waals surface area contributed by atoms with Gasteiger partial charge in [-0.3, -0.25) is 18.7 Å². The fourth-order valence-electron chi connectivity index (χ4n) is 5.12. The molecule has 1 fully saturated rings. The molecular formula is C32H28N4O5S3. The first-order valence-electron chi connectivity index (χ1n) is 13.9. The van der Waals surface area contributed by atoms with Crippen molar-refractivity contribution < 1.29 is 23.3 Å². The Morgan fingerprint density at radius 2 is 1.59 bits per heavy atom. The molecule has 2 aliphatic rings. The van der Waals surface area contributed by atoms with Gasteiger partial charge in [-0.2, -0.15) is 0 Å². The third kappa shape index (κ3) is 6.37. The van der Waals surface area contributed by atoms with Crippen molar-refractivity contribution in [2.45, 2.75) is 40.5 Å². The van der Waals surface area contributed by atoms with Crippen LogP contribution >= 0.6 is 23.1 Å². The minimum absolute atomic E-state index is 0.0177. The largest absolute Gasteiger partial charge is 0.448 e. The number of β-lactam (4-membered cyclic amide) rings is 1. The molecule has 44 heavy (non-hydrogen) atoms. The summed E-state index contributed by atoms with van der Waals surface area (Å²) in [5.41, 5.74) is 2.34. The SMILES string of the molecule is Cc1nnc(SCC2C=C(C(=O)OC(c3ccccc3)c3ccccc3)N3C(=O)C(NC(=O)Cc4ccccc4)[C@H]3S2=O)s1. The highest BCUT2D eigenvalue weighted by Crippen LogP contribution is 2.38. The van der Waals surface area contributed by atoms with Gasteiger partial charge in [-0.1, -0.05) is 114 Å². The van der Waals surface area contributed by atoms with Gasteiger partial charge in [0.2, 0.25) is 5.91 Å². The van der Waals surface area contributed by atoms with Crippen molar-refractivity contribution in [2.75, 3.05) is 5.75 Å². The van der Waals surface area contributed by atoms with E-state index in [2.05, 4.69) is 15.5 Å². The number of esters is 1. The Balaban J connectivity index is 1.27. The number of ether oxygens (including phenoxy) is 1. The van der Waals surface area contributed by atoms with Gasteiger partial charge in [-0.05, 0) is 29.7 Å². The Kier molecular flexibility index (Phi) is 9.01. The highest BCUT2D eigenvalue weighted by atomic mass is 32.2. The van der Waals surface area contributed by atoms with Gasteiger partial charge in [0, 0.05) is 5.75 Å². The Hall–Kier alpha value is -4.13. The topological polar surface area (TPSA) is 119 Å². The van der Waals surface area contributed by atoms with Crippen molar-refractivity contribution >= 4 is 51.7 Å². The van der Waals surface area contributed by atoms with E-state index < -0.39 is 45.4 Å². The lowest BCUT2D eigenvalue weighted by Gasteiger charge is -2.49. The molecule has 0 radical (unpaired) electrons. The summed E-state index contributed by atoms with van der Waals surface area (Å²) in [5.74, 6) is -1.25. The van der Waals surface area contributed by atoms with Crippen molar-refractivity contribution in [1.29, 1.82) is 0 Å². The molecule has 0 aliphatic carbocycles. The highest BCUT2D eigenvalue weighted by Gasteiger charge is 2.58. The number of thioether (sulfide) groups is 1. The second kappa shape index (κ2) is 13.2. The normalized spacial score (nSPS) is 20.8. The predicted octanol–water partition coefficient (Wildman–Crippen LogP) is 4.18. The van der Waals surface area contributed by atoms with Gasteiger partial charge in [0.05, 0.1) is 22.5 Å². The first-order chi connectivity index (χ1) is 21.4. The summed E-state index contributed by atoms with van der Waals surface area (Å²) >= 11 is 2.80. The Bertz CT molecular complexity index is 1680. The maximum atomic E-state index is 13.9. The van der Waals surface area contributed by atoms with Crippen LogP contribution in [0, 0.1) is 6.92 Å². The highest BCUT2D eigenvalue weighted by molar-refractivity contribution is 8.01. The first-order valence-corrected chi connectivity index (χ1v) is 17.0. The van der Waals surface area contributed by atoms with Crippen molar-refractivity contribution in [2.24, 2.45) is 0 Å². The second-order valence-corrected chi connectivity index (χ2v) is 14.4. The van der Waals surface area contributed by atoms with Crippen LogP contribution in [-0.4, -0.2) is 59.5 Å². The smallest absolute Gasteiger partial charge is 0.355 e. The third-order valence-corrected chi connectivity index (χ3v) is 11.4. The summed E-state index contributed by atoms with van der Waals surface area (Å²) in [4.78, 5) is 41.5. The molecule has 224 valence electrons. The van der Waals surface area contributed by atoms with Crippen LogP contribution in [0.4, 0.5) is 0 Å². The number of nitrogens with one attached hydrogen (secondary N) is 1. The zero-order valence-electron chi connectivity index (χ0n) is 23.6. The zero-order valence-corrected chi connectivity index (χ0v) is 26.0. The fraction of sp³-hybridized carbons (Fsp3) is 0.219. The first kappa shape index (κ1) is 29.9. The molecule has 3 unspecified atom stereocenters. The van der Waals surface area contributed by atoms with Gasteiger partial charge in [0.1, 0.15) is 22.1 Å². The van der Waals surface area contributed by atoms with Gasteiger partial charge in [0.15, 0.2) is 10.4 Å². The molecule has 0 saturated carbocycles. The Labute approximate surface area is 265 Å². The van der Waals surface area contributed by atoms with E-state index in [1.807, 2.05) is 97.9 Å². The molecule has 3 aromatic carbocycles. The average molecular weight is 645 g/mol. The molecule has 2 aliphatic heterocycles. The van der Waals surface area contributed by atoms with E-state index in [1.165, 1.54) is 28.0 Å². The Morgan fingerprint density at radius 1 is 0.977 bits per heavy atom. The van der Waals surface area contributed by atoms with E-state index >= 15 is 0 Å². The van der Waals surface area contributed by atoms with E-state index in [0.717, 1.165) is 21.7 Å². The molecule has 4 aromatic rings. The quantitative estimate of drug-likeness (QED) is 0.155. The van der Waals surface area contributed by atoms with Gasteiger partial charge < -0.3 is 10.1 Å². The number of aryl methyl sites for hydroxylation is 1. The Morgan fingerprint density at radius 3 is 2.18 bits per heavy atom. The minimum Gasteiger partial charge on any atom is -0.448 e. The fourth-order valence-corrected chi connectivity index (χ4v) is 9.08. The van der Waals surface area contributed by atoms with E-state index in [1.54, 1.807) is 6.08 Å². The summed E-state index contributed by atoms with van der Waals surface area (Å²) in [6, 6.07) is 26.8. The lowest BCUT2D eigenvalue weighted by atomic mass is 10.0. The molecular weight excluding hydrogens is 617 g/mol. The molecule has 0 spiro atoms. The predicted molar refractivity (Wildman–Crippen MR) is 169 cm³/mol. The van der Waals surface area contributed by atoms with Crippen molar-refractivity contribution in [3.8, 4) is 0 Å². The summed E-state index contributed by atoms with van der Waals surface area (Å²) in [7, 11) is -1.63. The standard InChI is InChI=1S/C32H28N4O5S3/c1-20-34-35-32(43-20)42-19-24-18-25(31(39)41-28(22-13-7-3-8-14-22)23-15-9-4-10-16-23)36-29(38)27(30(36)44(24)40)33-26(37)17-21-11-5-2-6-12-21/h2-16,18,24,27-28,30H,17,19H2,1H3,(H,33,37)/t24?,27?,30-,44?/m1/s1. The van der Waals surface area contributed by atoms with Crippen LogP contribution in [-0.2, 0) is 36.3 Å². The number of fused-ring (bicyclic) bond motifs is 1. The monoisotopic (exact) mass is 644 g/mol. The van der Waals surface area contributed by atoms with Crippen molar-refractivity contribution in [1.82, 2.24) is 20.4 Å². The van der Waals surface area contributed by atoms with E-state index in [-0.39, 0.29) is 18.0 Å². The zero-order chi connectivity index (χ0) is 30.6. The number of nitrogens with zero attached hydrogens (tertiary/aromatic N) is 3. The van der Waals surface area contributed by atoms with Crippen LogP contribution in [0.25, 0.3) is 0 Å². The lowest BCUT2D eigenvalue weighted by molar-refractivity contribution is -0.154. The van der Waals surface area contributed by atoms with Crippen molar-refractivity contribution in [3.63, 3.8) is 0 Å². The third-order valence-electron chi connectivity index (χ3n) is 7.22. The van der Waals surface area contributed by atoms with E-state index in [0.29, 0.717) is 10.1 Å². The van der Waals surface area contributed by atoms with E-state index in [9.17, 15) is 18.6 Å². The van der Waals surface area contributed by atoms with Gasteiger partial charge in [0.25, 0.3) is 5.91 Å². The van der Waals surface area contributed by atoms with Gasteiger partial charge in [-0.25, -0.2) is 4.79 Å². The summed E-state index contributed by atoms with van der Waals surface area (Å²) in [6.07, 6.45) is 0.898. The number of hydrogen-bond donors (Lipinski definition) is 1. The van der Waals surface area contributed by atoms with Crippen LogP contribution in [0.15, 0.2) is 107 Å². The van der Waals surface area contributed by atoms with Gasteiger partial charge >= 0.3 is 5.97 Å². The number of benzene rings is 3. The average Bonchev–Trinajstić information content (AvgIpc) is 3.47. The van der Waals surface area contributed by atoms with Crippen LogP contribution < -0.4 is 5.32 Å². The molecule has 6 rings (SSSR count). The maximum absolute atomic E-state index is 13.9. The summed E-state index contributed by atoms with van der Waals surface area (Å²) < 4.78 is 20.7. The number of carbonyl (C=O) groups is 3. The number of hydrogen-bond acceptors (Lipinski definition) is 9. The minimum atomic E-state index is -1.63. The molecule has 9 nitrogen and oxygen atoms in total. The molecule has 4 atom stereocenters. The molecule has 1 N–H and O–H groups in total. The van der Waals surface area contributed by atoms with Crippen LogP contribution in [0.3, 0.4) is 0 Å². The number of aromatic nitrogens is 2. The van der Waals surface area contributed by atoms with Crippen LogP contribution in [0.1, 0.15) is 27.8 Å². The molecule has 3 heterocycles. The van der Waals surface area contributed by atoms with Crippen LogP contribution in [0.2, 0.25) is 0 Å². The van der Waals surface area contributed by atoms with Crippen LogP contribution in [0.5, 0.6) is 0 Å². The maximum Gasteiger partial charge on any atom is 0.355 e. The van der Waals surface area contributed by atoms with Crippen molar-refractivity contribution in [3.05, 3.63) is 124 Å². The molecule has 1 saturated heterocycles. The summed E-state index contributed by atoms with van der Waals surface area (Å²) in [5, 5.41) is 10.2. The number of amides is 2. The van der Waals surface area contributed by atoms with E-state index in [4.69, 9.17) is 4.74 Å². The lowest BCUT2D eigenvalue weighted by Crippen LogP contribution is -2.74. The number of carbonyl (C=O) groups excluding carboxylic acids is 3. The molecule has 1 aromatic heterocycles. The van der Waals surface area contributed by atoms with Gasteiger partial charge in [-0.15, -0.1) is 10.2 Å². The molecule has 12 heteroatoms. The number of rotatable bonds is 10. The summed E-state index contributed by atoms with van der Waals surface area (Å²) in [6.45, 7) is 1.85. The molecule has 0 bridgehead atoms. The second-order valence-electron chi connectivity index (χ2n) is 10.2.